The topological polar surface area (TPSA) is 69.1 Å². The molecule has 0 spiro atoms. The second-order valence-electron chi connectivity index (χ2n) is 7.27. The average Bonchev–Trinajstić information content (AvgIpc) is 3.23. The van der Waals surface area contributed by atoms with Crippen LogP contribution in [-0.2, 0) is 11.2 Å². The summed E-state index contributed by atoms with van der Waals surface area (Å²) in [7, 11) is 0. The number of aliphatic imine (C=N–C) groups is 1. The van der Waals surface area contributed by atoms with Crippen LogP contribution in [0.4, 0.5) is 0 Å². The lowest BCUT2D eigenvalue weighted by molar-refractivity contribution is -0.0327. The Morgan fingerprint density at radius 1 is 1.34 bits per heavy atom. The molecule has 2 unspecified atom stereocenters. The van der Waals surface area contributed by atoms with E-state index in [-0.39, 0.29) is 12.1 Å². The van der Waals surface area contributed by atoms with Gasteiger partial charge in [0.1, 0.15) is 5.75 Å². The average molecular weight is 417 g/mol. The fourth-order valence-electron chi connectivity index (χ4n) is 3.55. The number of ether oxygens (including phenoxy) is 1. The van der Waals surface area contributed by atoms with Gasteiger partial charge in [-0.2, -0.15) is 0 Å². The first-order valence-electron chi connectivity index (χ1n) is 10.3. The summed E-state index contributed by atoms with van der Waals surface area (Å²) in [4.78, 5) is 8.72. The summed E-state index contributed by atoms with van der Waals surface area (Å²) >= 11 is 1.79. The molecule has 3 rings (SSSR count). The van der Waals surface area contributed by atoms with Crippen molar-refractivity contribution in [1.82, 2.24) is 15.5 Å². The molecule has 6 nitrogen and oxygen atoms in total. The van der Waals surface area contributed by atoms with E-state index in [0.29, 0.717) is 12.3 Å². The van der Waals surface area contributed by atoms with Crippen LogP contribution < -0.4 is 10.6 Å². The summed E-state index contributed by atoms with van der Waals surface area (Å²) in [6.07, 6.45) is 1.08. The largest absolute Gasteiger partial charge is 0.508 e. The van der Waals surface area contributed by atoms with Crippen LogP contribution >= 0.6 is 11.3 Å². The molecule has 1 aromatic carbocycles. The number of hydrogen-bond acceptors (Lipinski definition) is 5. The number of phenols is 1. The van der Waals surface area contributed by atoms with Crippen molar-refractivity contribution in [3.63, 3.8) is 0 Å². The van der Waals surface area contributed by atoms with Crippen LogP contribution in [0.2, 0.25) is 0 Å². The van der Waals surface area contributed by atoms with Crippen LogP contribution in [0.25, 0.3) is 0 Å². The van der Waals surface area contributed by atoms with Crippen molar-refractivity contribution in [3.8, 4) is 5.75 Å². The Morgan fingerprint density at radius 2 is 2.24 bits per heavy atom. The predicted molar refractivity (Wildman–Crippen MR) is 120 cm³/mol. The van der Waals surface area contributed by atoms with Crippen molar-refractivity contribution in [2.45, 2.75) is 32.4 Å². The van der Waals surface area contributed by atoms with Gasteiger partial charge in [-0.15, -0.1) is 11.3 Å². The van der Waals surface area contributed by atoms with E-state index in [1.807, 2.05) is 12.1 Å². The maximum absolute atomic E-state index is 9.61. The summed E-state index contributed by atoms with van der Waals surface area (Å²) in [5.41, 5.74) is 1.10. The molecule has 3 N–H and O–H groups in total. The van der Waals surface area contributed by atoms with Crippen molar-refractivity contribution in [1.29, 1.82) is 0 Å². The van der Waals surface area contributed by atoms with E-state index in [4.69, 9.17) is 9.73 Å². The van der Waals surface area contributed by atoms with Gasteiger partial charge in [-0.05, 0) is 49.4 Å². The first-order valence-corrected chi connectivity index (χ1v) is 11.2. The van der Waals surface area contributed by atoms with Crippen molar-refractivity contribution < 1.29 is 9.84 Å². The lowest BCUT2D eigenvalue weighted by Gasteiger charge is -2.36. The van der Waals surface area contributed by atoms with Gasteiger partial charge in [0.05, 0.1) is 25.3 Å². The molecule has 1 aliphatic heterocycles. The van der Waals surface area contributed by atoms with Gasteiger partial charge < -0.3 is 20.5 Å². The van der Waals surface area contributed by atoms with Gasteiger partial charge in [-0.1, -0.05) is 18.2 Å². The SMILES string of the molecule is CCNC(=NCC(c1cccs1)N1CCOC(C)C1)NCCc1cccc(O)c1. The number of nitrogens with one attached hydrogen (secondary N) is 2. The highest BCUT2D eigenvalue weighted by Crippen LogP contribution is 2.27. The number of rotatable bonds is 8. The fraction of sp³-hybridized carbons (Fsp3) is 0.500. The molecule has 0 bridgehead atoms. The quantitative estimate of drug-likeness (QED) is 0.456. The molecular formula is C22H32N4O2S. The first kappa shape index (κ1) is 21.6. The number of hydrogen-bond donors (Lipinski definition) is 3. The minimum atomic E-state index is 0.254. The molecule has 158 valence electrons. The maximum atomic E-state index is 9.61. The Bertz CT molecular complexity index is 766. The fourth-order valence-corrected chi connectivity index (χ4v) is 4.40. The van der Waals surface area contributed by atoms with E-state index in [1.165, 1.54) is 4.88 Å². The maximum Gasteiger partial charge on any atom is 0.191 e. The van der Waals surface area contributed by atoms with E-state index < -0.39 is 0 Å². The van der Waals surface area contributed by atoms with Crippen molar-refractivity contribution in [3.05, 3.63) is 52.2 Å². The minimum absolute atomic E-state index is 0.254. The van der Waals surface area contributed by atoms with Crippen molar-refractivity contribution in [2.75, 3.05) is 39.3 Å². The van der Waals surface area contributed by atoms with E-state index in [1.54, 1.807) is 23.5 Å². The number of morpholine rings is 1. The third-order valence-electron chi connectivity index (χ3n) is 4.97. The number of phenolic OH excluding ortho intramolecular Hbond substituents is 1. The summed E-state index contributed by atoms with van der Waals surface area (Å²) < 4.78 is 5.73. The van der Waals surface area contributed by atoms with E-state index in [9.17, 15) is 5.11 Å². The number of nitrogens with zero attached hydrogens (tertiary/aromatic N) is 2. The highest BCUT2D eigenvalue weighted by Gasteiger charge is 2.26. The highest BCUT2D eigenvalue weighted by atomic mass is 32.1. The van der Waals surface area contributed by atoms with Gasteiger partial charge >= 0.3 is 0 Å². The monoisotopic (exact) mass is 416 g/mol. The van der Waals surface area contributed by atoms with Crippen LogP contribution in [0.15, 0.2) is 46.8 Å². The Balaban J connectivity index is 1.62. The molecule has 0 saturated carbocycles. The number of aromatic hydroxyl groups is 1. The predicted octanol–water partition coefficient (Wildman–Crippen LogP) is 3.01. The smallest absolute Gasteiger partial charge is 0.191 e. The van der Waals surface area contributed by atoms with Gasteiger partial charge in [0.15, 0.2) is 5.96 Å². The summed E-state index contributed by atoms with van der Waals surface area (Å²) in [5.74, 6) is 1.14. The number of benzene rings is 1. The number of guanidine groups is 1. The van der Waals surface area contributed by atoms with Crippen molar-refractivity contribution >= 4 is 17.3 Å². The number of thiophene rings is 1. The molecule has 1 aromatic heterocycles. The summed E-state index contributed by atoms with van der Waals surface area (Å²) in [6, 6.07) is 12.0. The second-order valence-corrected chi connectivity index (χ2v) is 8.25. The van der Waals surface area contributed by atoms with Gasteiger partial charge in [0, 0.05) is 31.1 Å². The zero-order valence-electron chi connectivity index (χ0n) is 17.3. The third-order valence-corrected chi connectivity index (χ3v) is 5.94. The Labute approximate surface area is 177 Å². The third kappa shape index (κ3) is 6.73. The molecule has 2 atom stereocenters. The van der Waals surface area contributed by atoms with Crippen LogP contribution in [0, 0.1) is 0 Å². The Hall–Kier alpha value is -2.09. The van der Waals surface area contributed by atoms with Gasteiger partial charge in [-0.3, -0.25) is 9.89 Å². The first-order chi connectivity index (χ1) is 14.2. The van der Waals surface area contributed by atoms with Crippen LogP contribution in [0.1, 0.15) is 30.3 Å². The molecule has 0 amide bonds. The highest BCUT2D eigenvalue weighted by molar-refractivity contribution is 7.10. The Kier molecular flexibility index (Phi) is 8.34. The van der Waals surface area contributed by atoms with Gasteiger partial charge in [0.25, 0.3) is 0 Å². The molecule has 0 radical (unpaired) electrons. The molecular weight excluding hydrogens is 384 g/mol. The van der Waals surface area contributed by atoms with Crippen LogP contribution in [0.3, 0.4) is 0 Å². The zero-order valence-corrected chi connectivity index (χ0v) is 18.1. The lowest BCUT2D eigenvalue weighted by atomic mass is 10.1. The lowest BCUT2D eigenvalue weighted by Crippen LogP contribution is -2.44. The van der Waals surface area contributed by atoms with Gasteiger partial charge in [-0.25, -0.2) is 0 Å². The molecule has 1 fully saturated rings. The molecule has 1 aliphatic rings. The second kappa shape index (κ2) is 11.2. The molecule has 7 heteroatoms. The molecule has 0 aliphatic carbocycles. The standard InChI is InChI=1S/C22H32N4O2S/c1-3-23-22(24-10-9-18-6-4-7-19(27)14-18)25-15-20(21-8-5-13-29-21)26-11-12-28-17(2)16-26/h4-8,13-14,17,20,27H,3,9-12,15-16H2,1-2H3,(H2,23,24,25). The molecule has 1 saturated heterocycles. The zero-order chi connectivity index (χ0) is 20.5. The minimum Gasteiger partial charge on any atom is -0.508 e. The Morgan fingerprint density at radius 3 is 2.97 bits per heavy atom. The molecule has 2 aromatic rings. The summed E-state index contributed by atoms with van der Waals surface area (Å²) in [6.45, 7) is 9.12. The molecule has 29 heavy (non-hydrogen) atoms. The normalized spacial score (nSPS) is 19.1. The van der Waals surface area contributed by atoms with E-state index in [0.717, 1.165) is 50.7 Å². The molecule has 2 heterocycles. The van der Waals surface area contributed by atoms with Crippen LogP contribution in [0.5, 0.6) is 5.75 Å². The van der Waals surface area contributed by atoms with Crippen molar-refractivity contribution in [2.24, 2.45) is 4.99 Å². The van der Waals surface area contributed by atoms with E-state index in [2.05, 4.69) is 46.9 Å². The van der Waals surface area contributed by atoms with E-state index >= 15 is 0 Å². The van der Waals surface area contributed by atoms with Crippen LogP contribution in [-0.4, -0.2) is 61.4 Å². The summed E-state index contributed by atoms with van der Waals surface area (Å²) in [5, 5.41) is 18.5. The van der Waals surface area contributed by atoms with Gasteiger partial charge in [0.2, 0.25) is 0 Å².